The summed E-state index contributed by atoms with van der Waals surface area (Å²) in [7, 11) is 0. The first-order chi connectivity index (χ1) is 9.59. The van der Waals surface area contributed by atoms with Crippen LogP contribution in [0.2, 0.25) is 10.0 Å². The van der Waals surface area contributed by atoms with Gasteiger partial charge in [-0.3, -0.25) is 14.7 Å². The standard InChI is InChI=1S/C14H8Cl2N2O2/c15-10-6-3-7-11(12(10)16)18-14(20)9-5-2-1-4-8(9)13(19)17-18/h1-7H,(H,17,19). The van der Waals surface area contributed by atoms with Crippen LogP contribution in [0.1, 0.15) is 0 Å². The van der Waals surface area contributed by atoms with Crippen molar-refractivity contribution in [3.8, 4) is 5.69 Å². The molecule has 0 aliphatic heterocycles. The molecule has 0 radical (unpaired) electrons. The summed E-state index contributed by atoms with van der Waals surface area (Å²) >= 11 is 12.0. The Hall–Kier alpha value is -2.04. The average molecular weight is 307 g/mol. The van der Waals surface area contributed by atoms with Crippen LogP contribution < -0.4 is 11.1 Å². The molecule has 3 rings (SSSR count). The third-order valence-electron chi connectivity index (χ3n) is 2.99. The Morgan fingerprint density at radius 2 is 1.60 bits per heavy atom. The number of hydrogen-bond acceptors (Lipinski definition) is 2. The number of benzene rings is 2. The summed E-state index contributed by atoms with van der Waals surface area (Å²) in [6.07, 6.45) is 0. The van der Waals surface area contributed by atoms with Crippen LogP contribution in [-0.4, -0.2) is 9.78 Å². The van der Waals surface area contributed by atoms with E-state index < -0.39 is 0 Å². The molecule has 3 aromatic rings. The van der Waals surface area contributed by atoms with E-state index in [9.17, 15) is 9.59 Å². The number of halogens is 2. The van der Waals surface area contributed by atoms with E-state index in [-0.39, 0.29) is 16.1 Å². The van der Waals surface area contributed by atoms with E-state index in [2.05, 4.69) is 5.10 Å². The Kier molecular flexibility index (Phi) is 3.12. The topological polar surface area (TPSA) is 54.9 Å². The van der Waals surface area contributed by atoms with Crippen molar-refractivity contribution < 1.29 is 0 Å². The maximum atomic E-state index is 12.4. The third kappa shape index (κ3) is 1.94. The molecule has 1 aromatic heterocycles. The van der Waals surface area contributed by atoms with Crippen molar-refractivity contribution in [3.63, 3.8) is 0 Å². The summed E-state index contributed by atoms with van der Waals surface area (Å²) in [5.74, 6) is 0. The lowest BCUT2D eigenvalue weighted by Crippen LogP contribution is -2.28. The smallest absolute Gasteiger partial charge is 0.267 e. The summed E-state index contributed by atoms with van der Waals surface area (Å²) in [5, 5.41) is 3.69. The monoisotopic (exact) mass is 306 g/mol. The maximum absolute atomic E-state index is 12.4. The lowest BCUT2D eigenvalue weighted by atomic mass is 10.2. The van der Waals surface area contributed by atoms with Crippen molar-refractivity contribution in [3.05, 3.63) is 73.2 Å². The van der Waals surface area contributed by atoms with E-state index >= 15 is 0 Å². The second-order valence-electron chi connectivity index (χ2n) is 4.20. The van der Waals surface area contributed by atoms with E-state index in [4.69, 9.17) is 23.2 Å². The van der Waals surface area contributed by atoms with E-state index in [1.165, 1.54) is 0 Å². The molecule has 6 heteroatoms. The normalized spacial score (nSPS) is 10.9. The number of hydrogen-bond donors (Lipinski definition) is 1. The first kappa shape index (κ1) is 13.0. The van der Waals surface area contributed by atoms with Gasteiger partial charge in [0.1, 0.15) is 0 Å². The minimum Gasteiger partial charge on any atom is -0.267 e. The molecule has 0 bridgehead atoms. The molecule has 0 saturated carbocycles. The zero-order valence-electron chi connectivity index (χ0n) is 10.1. The van der Waals surface area contributed by atoms with Crippen molar-refractivity contribution >= 4 is 34.0 Å². The van der Waals surface area contributed by atoms with Gasteiger partial charge in [0.15, 0.2) is 0 Å². The average Bonchev–Trinajstić information content (AvgIpc) is 2.46. The van der Waals surface area contributed by atoms with Crippen molar-refractivity contribution in [2.45, 2.75) is 0 Å². The lowest BCUT2D eigenvalue weighted by molar-refractivity contribution is 0.802. The van der Waals surface area contributed by atoms with Crippen LogP contribution in [0.5, 0.6) is 0 Å². The van der Waals surface area contributed by atoms with Crippen molar-refractivity contribution in [2.75, 3.05) is 0 Å². The third-order valence-corrected chi connectivity index (χ3v) is 3.80. The zero-order chi connectivity index (χ0) is 14.3. The van der Waals surface area contributed by atoms with Crippen LogP contribution in [-0.2, 0) is 0 Å². The molecular weight excluding hydrogens is 299 g/mol. The predicted molar refractivity (Wildman–Crippen MR) is 80.2 cm³/mol. The maximum Gasteiger partial charge on any atom is 0.277 e. The quantitative estimate of drug-likeness (QED) is 0.751. The number of fused-ring (bicyclic) bond motifs is 1. The minimum atomic E-state index is -0.365. The summed E-state index contributed by atoms with van der Waals surface area (Å²) in [6.45, 7) is 0. The molecule has 4 nitrogen and oxygen atoms in total. The van der Waals surface area contributed by atoms with Crippen molar-refractivity contribution in [2.24, 2.45) is 0 Å². The van der Waals surface area contributed by atoms with Gasteiger partial charge < -0.3 is 0 Å². The molecular formula is C14H8Cl2N2O2. The van der Waals surface area contributed by atoms with Gasteiger partial charge in [0, 0.05) is 0 Å². The molecule has 0 spiro atoms. The number of rotatable bonds is 1. The largest absolute Gasteiger partial charge is 0.277 e. The SMILES string of the molecule is O=c1[nH]n(-c2cccc(Cl)c2Cl)c(=O)c2ccccc12. The summed E-state index contributed by atoms with van der Waals surface area (Å²) in [6, 6.07) is 11.5. The highest BCUT2D eigenvalue weighted by Crippen LogP contribution is 2.27. The van der Waals surface area contributed by atoms with Crippen molar-refractivity contribution in [1.82, 2.24) is 9.78 Å². The van der Waals surface area contributed by atoms with Crippen LogP contribution in [0.15, 0.2) is 52.1 Å². The molecule has 0 fully saturated rings. The van der Waals surface area contributed by atoms with E-state index in [0.29, 0.717) is 21.5 Å². The highest BCUT2D eigenvalue weighted by atomic mass is 35.5. The molecule has 100 valence electrons. The number of nitrogens with one attached hydrogen (secondary N) is 1. The minimum absolute atomic E-state index is 0.210. The van der Waals surface area contributed by atoms with Gasteiger partial charge in [0.05, 0.1) is 26.5 Å². The molecule has 20 heavy (non-hydrogen) atoms. The lowest BCUT2D eigenvalue weighted by Gasteiger charge is -2.09. The van der Waals surface area contributed by atoms with Gasteiger partial charge >= 0.3 is 0 Å². The van der Waals surface area contributed by atoms with Crippen molar-refractivity contribution in [1.29, 1.82) is 0 Å². The zero-order valence-corrected chi connectivity index (χ0v) is 11.6. The first-order valence-corrected chi connectivity index (χ1v) is 6.53. The number of aromatic nitrogens is 2. The molecule has 0 saturated heterocycles. The highest BCUT2D eigenvalue weighted by molar-refractivity contribution is 6.43. The molecule has 0 atom stereocenters. The van der Waals surface area contributed by atoms with Gasteiger partial charge in [-0.1, -0.05) is 41.4 Å². The molecule has 2 aromatic carbocycles. The molecule has 0 unspecified atom stereocenters. The van der Waals surface area contributed by atoms with Gasteiger partial charge in [-0.2, -0.15) is 0 Å². The fourth-order valence-corrected chi connectivity index (χ4v) is 2.42. The second-order valence-corrected chi connectivity index (χ2v) is 4.99. The van der Waals surface area contributed by atoms with Crippen LogP contribution in [0.25, 0.3) is 16.5 Å². The van der Waals surface area contributed by atoms with E-state index in [0.717, 1.165) is 4.68 Å². The Morgan fingerprint density at radius 3 is 2.35 bits per heavy atom. The van der Waals surface area contributed by atoms with Crippen LogP contribution in [0.3, 0.4) is 0 Å². The molecule has 0 aliphatic rings. The van der Waals surface area contributed by atoms with Crippen LogP contribution in [0, 0.1) is 0 Å². The fourth-order valence-electron chi connectivity index (χ4n) is 2.04. The summed E-state index contributed by atoms with van der Waals surface area (Å²) < 4.78 is 1.11. The van der Waals surface area contributed by atoms with E-state index in [1.807, 2.05) is 0 Å². The highest BCUT2D eigenvalue weighted by Gasteiger charge is 2.12. The number of aromatic amines is 1. The van der Waals surface area contributed by atoms with Crippen LogP contribution in [0.4, 0.5) is 0 Å². The Balaban J connectivity index is 2.44. The number of H-pyrrole nitrogens is 1. The first-order valence-electron chi connectivity index (χ1n) is 5.78. The Morgan fingerprint density at radius 1 is 0.900 bits per heavy atom. The molecule has 0 aliphatic carbocycles. The van der Waals surface area contributed by atoms with Gasteiger partial charge in [-0.15, -0.1) is 0 Å². The molecule has 0 amide bonds. The Bertz CT molecular complexity index is 928. The molecule has 1 N–H and O–H groups in total. The molecule has 1 heterocycles. The second kappa shape index (κ2) is 4.81. The predicted octanol–water partition coefficient (Wildman–Crippen LogP) is 2.99. The summed E-state index contributed by atoms with van der Waals surface area (Å²) in [5.41, 5.74) is -0.382. The van der Waals surface area contributed by atoms with Gasteiger partial charge in [-0.25, -0.2) is 4.68 Å². The fraction of sp³-hybridized carbons (Fsp3) is 0. The Labute approximate surface area is 123 Å². The van der Waals surface area contributed by atoms with Crippen LogP contribution >= 0.6 is 23.2 Å². The summed E-state index contributed by atoms with van der Waals surface area (Å²) in [4.78, 5) is 24.5. The number of nitrogens with zero attached hydrogens (tertiary/aromatic N) is 1. The van der Waals surface area contributed by atoms with Gasteiger partial charge in [-0.05, 0) is 24.3 Å². The van der Waals surface area contributed by atoms with Gasteiger partial charge in [0.2, 0.25) is 0 Å². The van der Waals surface area contributed by atoms with Gasteiger partial charge in [0.25, 0.3) is 11.1 Å². The van der Waals surface area contributed by atoms with E-state index in [1.54, 1.807) is 42.5 Å².